The topological polar surface area (TPSA) is 80.9 Å². The summed E-state index contributed by atoms with van der Waals surface area (Å²) in [4.78, 5) is 0. The zero-order valence-corrected chi connectivity index (χ0v) is 5.77. The average molecular weight is 150 g/mol. The Morgan fingerprint density at radius 1 is 0.800 bits per heavy atom. The molecule has 0 unspecified atom stereocenters. The van der Waals surface area contributed by atoms with Crippen LogP contribution < -0.4 is 0 Å². The summed E-state index contributed by atoms with van der Waals surface area (Å²) in [6, 6.07) is 0. The lowest BCUT2D eigenvalue weighted by Crippen LogP contribution is -2.27. The molecule has 0 spiro atoms. The Morgan fingerprint density at radius 2 is 1.10 bits per heavy atom. The van der Waals surface area contributed by atoms with Crippen LogP contribution in [0.3, 0.4) is 0 Å². The smallest absolute Gasteiger partial charge is 0.0821 e. The first-order valence-corrected chi connectivity index (χ1v) is 3.30. The monoisotopic (exact) mass is 150 g/mol. The molecule has 0 rings (SSSR count). The maximum atomic E-state index is 8.93. The molecular formula is C6H14O4. The average Bonchev–Trinajstić information content (AvgIpc) is 1.89. The van der Waals surface area contributed by atoms with Gasteiger partial charge in [0.1, 0.15) is 0 Å². The Balaban J connectivity index is 3.38. The SMILES string of the molecule is OCC[C@@H](O)[C@H](O)CCO. The van der Waals surface area contributed by atoms with Gasteiger partial charge in [-0.3, -0.25) is 0 Å². The van der Waals surface area contributed by atoms with Crippen LogP contribution in [-0.2, 0) is 0 Å². The van der Waals surface area contributed by atoms with Gasteiger partial charge in [-0.1, -0.05) is 0 Å². The van der Waals surface area contributed by atoms with Crippen LogP contribution >= 0.6 is 0 Å². The van der Waals surface area contributed by atoms with Crippen molar-refractivity contribution >= 4 is 0 Å². The van der Waals surface area contributed by atoms with Crippen molar-refractivity contribution in [2.24, 2.45) is 0 Å². The van der Waals surface area contributed by atoms with Gasteiger partial charge < -0.3 is 20.4 Å². The highest BCUT2D eigenvalue weighted by molar-refractivity contribution is 4.65. The fraction of sp³-hybridized carbons (Fsp3) is 1.00. The summed E-state index contributed by atoms with van der Waals surface area (Å²) in [6.07, 6.45) is -1.53. The third-order valence-electron chi connectivity index (χ3n) is 1.29. The van der Waals surface area contributed by atoms with Gasteiger partial charge in [-0.15, -0.1) is 0 Å². The maximum Gasteiger partial charge on any atom is 0.0821 e. The molecule has 0 aliphatic rings. The molecule has 2 atom stereocenters. The van der Waals surface area contributed by atoms with E-state index in [0.717, 1.165) is 0 Å². The van der Waals surface area contributed by atoms with Crippen molar-refractivity contribution in [1.29, 1.82) is 0 Å². The Bertz CT molecular complexity index is 66.1. The molecule has 0 radical (unpaired) electrons. The molecule has 4 nitrogen and oxygen atoms in total. The third-order valence-corrected chi connectivity index (χ3v) is 1.29. The summed E-state index contributed by atoms with van der Waals surface area (Å²) in [5, 5.41) is 34.5. The van der Waals surface area contributed by atoms with E-state index in [1.54, 1.807) is 0 Å². The number of rotatable bonds is 5. The van der Waals surface area contributed by atoms with Gasteiger partial charge in [0, 0.05) is 13.2 Å². The van der Waals surface area contributed by atoms with Crippen molar-refractivity contribution in [2.45, 2.75) is 25.0 Å². The van der Waals surface area contributed by atoms with Crippen molar-refractivity contribution in [3.63, 3.8) is 0 Å². The highest BCUT2D eigenvalue weighted by atomic mass is 16.3. The van der Waals surface area contributed by atoms with Gasteiger partial charge >= 0.3 is 0 Å². The Morgan fingerprint density at radius 3 is 1.30 bits per heavy atom. The summed E-state index contributed by atoms with van der Waals surface area (Å²) in [7, 11) is 0. The Hall–Kier alpha value is -0.160. The van der Waals surface area contributed by atoms with Crippen LogP contribution in [-0.4, -0.2) is 45.8 Å². The van der Waals surface area contributed by atoms with Crippen molar-refractivity contribution in [2.75, 3.05) is 13.2 Å². The van der Waals surface area contributed by atoms with Crippen LogP contribution in [0.2, 0.25) is 0 Å². The zero-order valence-electron chi connectivity index (χ0n) is 5.77. The van der Waals surface area contributed by atoms with Crippen LogP contribution in [0.25, 0.3) is 0 Å². The van der Waals surface area contributed by atoms with Gasteiger partial charge in [0.2, 0.25) is 0 Å². The van der Waals surface area contributed by atoms with E-state index in [2.05, 4.69) is 0 Å². The first-order chi connectivity index (χ1) is 4.72. The van der Waals surface area contributed by atoms with Crippen LogP contribution in [0, 0.1) is 0 Å². The Kier molecular flexibility index (Phi) is 5.52. The summed E-state index contributed by atoms with van der Waals surface area (Å²) in [6.45, 7) is -0.298. The molecule has 0 saturated heterocycles. The van der Waals surface area contributed by atoms with E-state index in [-0.39, 0.29) is 26.1 Å². The molecule has 0 saturated carbocycles. The molecule has 0 aromatic carbocycles. The van der Waals surface area contributed by atoms with Crippen molar-refractivity contribution in [3.8, 4) is 0 Å². The molecule has 0 fully saturated rings. The van der Waals surface area contributed by atoms with Crippen LogP contribution in [0.5, 0.6) is 0 Å². The summed E-state index contributed by atoms with van der Waals surface area (Å²) in [5.41, 5.74) is 0. The lowest BCUT2D eigenvalue weighted by atomic mass is 10.1. The van der Waals surface area contributed by atoms with E-state index >= 15 is 0 Å². The first-order valence-electron chi connectivity index (χ1n) is 3.30. The minimum absolute atomic E-state index is 0.149. The normalized spacial score (nSPS) is 16.8. The van der Waals surface area contributed by atoms with Crippen LogP contribution in [0.15, 0.2) is 0 Å². The highest BCUT2D eigenvalue weighted by Gasteiger charge is 2.13. The molecule has 0 aliphatic heterocycles. The quantitative estimate of drug-likeness (QED) is 0.383. The van der Waals surface area contributed by atoms with Gasteiger partial charge in [0.25, 0.3) is 0 Å². The zero-order chi connectivity index (χ0) is 7.98. The lowest BCUT2D eigenvalue weighted by Gasteiger charge is -2.14. The fourth-order valence-electron chi connectivity index (χ4n) is 0.649. The van der Waals surface area contributed by atoms with E-state index in [4.69, 9.17) is 20.4 Å². The predicted molar refractivity (Wildman–Crippen MR) is 35.4 cm³/mol. The third kappa shape index (κ3) is 3.79. The van der Waals surface area contributed by atoms with Gasteiger partial charge in [0.15, 0.2) is 0 Å². The van der Waals surface area contributed by atoms with Gasteiger partial charge in [-0.2, -0.15) is 0 Å². The summed E-state index contributed by atoms with van der Waals surface area (Å²) < 4.78 is 0. The summed E-state index contributed by atoms with van der Waals surface area (Å²) >= 11 is 0. The molecule has 0 heterocycles. The Labute approximate surface area is 59.7 Å². The largest absolute Gasteiger partial charge is 0.396 e. The molecule has 0 bridgehead atoms. The molecule has 62 valence electrons. The maximum absolute atomic E-state index is 8.93. The minimum atomic E-state index is -0.919. The second kappa shape index (κ2) is 5.61. The van der Waals surface area contributed by atoms with Crippen molar-refractivity contribution in [3.05, 3.63) is 0 Å². The molecule has 4 heteroatoms. The van der Waals surface area contributed by atoms with E-state index in [1.165, 1.54) is 0 Å². The number of hydrogen-bond acceptors (Lipinski definition) is 4. The molecule has 0 aliphatic carbocycles. The lowest BCUT2D eigenvalue weighted by molar-refractivity contribution is -0.00668. The second-order valence-electron chi connectivity index (χ2n) is 2.16. The highest BCUT2D eigenvalue weighted by Crippen LogP contribution is 2.01. The van der Waals surface area contributed by atoms with Gasteiger partial charge in [-0.05, 0) is 12.8 Å². The van der Waals surface area contributed by atoms with E-state index in [1.807, 2.05) is 0 Å². The molecule has 10 heavy (non-hydrogen) atoms. The van der Waals surface area contributed by atoms with E-state index < -0.39 is 12.2 Å². The van der Waals surface area contributed by atoms with Crippen molar-refractivity contribution < 1.29 is 20.4 Å². The molecular weight excluding hydrogens is 136 g/mol. The summed E-state index contributed by atoms with van der Waals surface area (Å²) in [5.74, 6) is 0. The minimum Gasteiger partial charge on any atom is -0.396 e. The fourth-order valence-corrected chi connectivity index (χ4v) is 0.649. The van der Waals surface area contributed by atoms with E-state index in [9.17, 15) is 0 Å². The molecule has 0 amide bonds. The second-order valence-corrected chi connectivity index (χ2v) is 2.16. The van der Waals surface area contributed by atoms with Crippen molar-refractivity contribution in [1.82, 2.24) is 0 Å². The van der Waals surface area contributed by atoms with Crippen LogP contribution in [0.4, 0.5) is 0 Å². The number of aliphatic hydroxyl groups excluding tert-OH is 4. The number of aliphatic hydroxyl groups is 4. The molecule has 0 aromatic rings. The molecule has 0 aromatic heterocycles. The van der Waals surface area contributed by atoms with Gasteiger partial charge in [0.05, 0.1) is 12.2 Å². The first kappa shape index (κ1) is 9.84. The predicted octanol–water partition coefficient (Wildman–Crippen LogP) is -1.53. The molecule has 4 N–H and O–H groups in total. The standard InChI is InChI=1S/C6H14O4/c7-3-1-5(9)6(10)2-4-8/h5-10H,1-4H2/t5-,6-/m1/s1. The van der Waals surface area contributed by atoms with Crippen LogP contribution in [0.1, 0.15) is 12.8 Å². The number of hydrogen-bond donors (Lipinski definition) is 4. The van der Waals surface area contributed by atoms with Gasteiger partial charge in [-0.25, -0.2) is 0 Å². The van der Waals surface area contributed by atoms with E-state index in [0.29, 0.717) is 0 Å².